The smallest absolute Gasteiger partial charge is 0.0655 e. The molecule has 1 N–H and O–H groups in total. The largest absolute Gasteiger partial charge is 0.390 e. The van der Waals surface area contributed by atoms with Crippen LogP contribution in [0.25, 0.3) is 0 Å². The standard InChI is InChI=1S/C16H32O/c1-5-6-7-8-9-10-16(17)12-14(2)11-15(3,4)13-16/h14,17H,5-13H2,1-4H3. The van der Waals surface area contributed by atoms with Crippen LogP contribution in [0.3, 0.4) is 0 Å². The van der Waals surface area contributed by atoms with Crippen LogP contribution < -0.4 is 0 Å². The summed E-state index contributed by atoms with van der Waals surface area (Å²) in [5.41, 5.74) is -0.0385. The molecule has 1 nitrogen and oxygen atoms in total. The highest BCUT2D eigenvalue weighted by molar-refractivity contribution is 4.92. The minimum absolute atomic E-state index is 0.329. The normalized spacial score (nSPS) is 32.6. The molecule has 0 radical (unpaired) electrons. The van der Waals surface area contributed by atoms with Crippen LogP contribution in [-0.4, -0.2) is 10.7 Å². The molecule has 17 heavy (non-hydrogen) atoms. The minimum atomic E-state index is -0.368. The van der Waals surface area contributed by atoms with E-state index in [-0.39, 0.29) is 5.60 Å². The molecule has 102 valence electrons. The maximum atomic E-state index is 10.7. The van der Waals surface area contributed by atoms with Gasteiger partial charge in [0.2, 0.25) is 0 Å². The molecule has 0 bridgehead atoms. The monoisotopic (exact) mass is 240 g/mol. The van der Waals surface area contributed by atoms with Crippen molar-refractivity contribution >= 4 is 0 Å². The molecular weight excluding hydrogens is 208 g/mol. The van der Waals surface area contributed by atoms with E-state index >= 15 is 0 Å². The summed E-state index contributed by atoms with van der Waals surface area (Å²) < 4.78 is 0. The topological polar surface area (TPSA) is 20.2 Å². The molecule has 1 aliphatic carbocycles. The average molecular weight is 240 g/mol. The number of aliphatic hydroxyl groups is 1. The summed E-state index contributed by atoms with van der Waals surface area (Å²) in [6, 6.07) is 0. The van der Waals surface area contributed by atoms with Crippen molar-refractivity contribution in [3.05, 3.63) is 0 Å². The van der Waals surface area contributed by atoms with Gasteiger partial charge >= 0.3 is 0 Å². The lowest BCUT2D eigenvalue weighted by Gasteiger charge is -2.44. The van der Waals surface area contributed by atoms with Gasteiger partial charge < -0.3 is 5.11 Å². The number of hydrogen-bond donors (Lipinski definition) is 1. The maximum Gasteiger partial charge on any atom is 0.0655 e. The lowest BCUT2D eigenvalue weighted by Crippen LogP contribution is -2.42. The van der Waals surface area contributed by atoms with E-state index in [2.05, 4.69) is 27.7 Å². The molecule has 0 aromatic rings. The molecule has 2 unspecified atom stereocenters. The van der Waals surface area contributed by atoms with Gasteiger partial charge in [-0.05, 0) is 37.0 Å². The Labute approximate surface area is 108 Å². The Morgan fingerprint density at radius 3 is 2.29 bits per heavy atom. The van der Waals surface area contributed by atoms with Gasteiger partial charge in [-0.3, -0.25) is 0 Å². The zero-order chi connectivity index (χ0) is 12.9. The molecule has 1 saturated carbocycles. The molecule has 1 heteroatoms. The van der Waals surface area contributed by atoms with E-state index in [1.54, 1.807) is 0 Å². The summed E-state index contributed by atoms with van der Waals surface area (Å²) in [7, 11) is 0. The second kappa shape index (κ2) is 6.22. The summed E-state index contributed by atoms with van der Waals surface area (Å²) in [5, 5.41) is 10.7. The van der Waals surface area contributed by atoms with E-state index in [0.717, 1.165) is 19.3 Å². The highest BCUT2D eigenvalue weighted by Crippen LogP contribution is 2.45. The molecule has 1 rings (SSSR count). The van der Waals surface area contributed by atoms with Gasteiger partial charge in [-0.2, -0.15) is 0 Å². The van der Waals surface area contributed by atoms with Crippen molar-refractivity contribution in [2.24, 2.45) is 11.3 Å². The number of rotatable bonds is 6. The molecule has 0 saturated heterocycles. The zero-order valence-corrected chi connectivity index (χ0v) is 12.4. The van der Waals surface area contributed by atoms with Crippen molar-refractivity contribution in [2.75, 3.05) is 0 Å². The van der Waals surface area contributed by atoms with Crippen molar-refractivity contribution in [2.45, 2.75) is 91.1 Å². The van der Waals surface area contributed by atoms with Gasteiger partial charge in [0, 0.05) is 0 Å². The van der Waals surface area contributed by atoms with E-state index in [1.165, 1.54) is 38.5 Å². The summed E-state index contributed by atoms with van der Waals surface area (Å²) >= 11 is 0. The molecule has 0 aromatic heterocycles. The Morgan fingerprint density at radius 1 is 1.06 bits per heavy atom. The van der Waals surface area contributed by atoms with E-state index < -0.39 is 0 Å². The van der Waals surface area contributed by atoms with Crippen molar-refractivity contribution in [1.29, 1.82) is 0 Å². The molecule has 0 amide bonds. The van der Waals surface area contributed by atoms with Crippen LogP contribution in [0.5, 0.6) is 0 Å². The zero-order valence-electron chi connectivity index (χ0n) is 12.4. The van der Waals surface area contributed by atoms with Crippen LogP contribution in [0, 0.1) is 11.3 Å². The van der Waals surface area contributed by atoms with Gasteiger partial charge in [-0.1, -0.05) is 59.8 Å². The third-order valence-electron chi connectivity index (χ3n) is 4.18. The SMILES string of the molecule is CCCCCCCC1(O)CC(C)CC(C)(C)C1. The number of hydrogen-bond acceptors (Lipinski definition) is 1. The van der Waals surface area contributed by atoms with E-state index in [9.17, 15) is 5.11 Å². The van der Waals surface area contributed by atoms with Gasteiger partial charge in [0.15, 0.2) is 0 Å². The maximum absolute atomic E-state index is 10.7. The quantitative estimate of drug-likeness (QED) is 0.653. The Bertz CT molecular complexity index is 222. The number of unbranched alkanes of at least 4 members (excludes halogenated alkanes) is 4. The molecule has 0 aromatic carbocycles. The van der Waals surface area contributed by atoms with Crippen molar-refractivity contribution in [3.63, 3.8) is 0 Å². The molecule has 2 atom stereocenters. The highest BCUT2D eigenvalue weighted by atomic mass is 16.3. The van der Waals surface area contributed by atoms with E-state index in [0.29, 0.717) is 11.3 Å². The highest BCUT2D eigenvalue weighted by Gasteiger charge is 2.40. The van der Waals surface area contributed by atoms with Crippen LogP contribution in [-0.2, 0) is 0 Å². The first-order chi connectivity index (χ1) is 7.87. The van der Waals surface area contributed by atoms with Crippen LogP contribution in [0.1, 0.15) is 85.5 Å². The predicted molar refractivity (Wildman–Crippen MR) is 75.1 cm³/mol. The van der Waals surface area contributed by atoms with Gasteiger partial charge in [0.05, 0.1) is 5.60 Å². The van der Waals surface area contributed by atoms with Crippen molar-refractivity contribution < 1.29 is 5.11 Å². The fraction of sp³-hybridized carbons (Fsp3) is 1.00. The van der Waals surface area contributed by atoms with Crippen LogP contribution in [0.4, 0.5) is 0 Å². The fourth-order valence-corrected chi connectivity index (χ4v) is 3.95. The van der Waals surface area contributed by atoms with Crippen LogP contribution in [0.2, 0.25) is 0 Å². The Kier molecular flexibility index (Phi) is 5.50. The molecule has 1 aliphatic rings. The fourth-order valence-electron chi connectivity index (χ4n) is 3.95. The van der Waals surface area contributed by atoms with Crippen molar-refractivity contribution in [3.8, 4) is 0 Å². The summed E-state index contributed by atoms with van der Waals surface area (Å²) in [4.78, 5) is 0. The second-order valence-corrected chi connectivity index (χ2v) is 7.24. The first kappa shape index (κ1) is 15.0. The van der Waals surface area contributed by atoms with Crippen molar-refractivity contribution in [1.82, 2.24) is 0 Å². The van der Waals surface area contributed by atoms with E-state index in [1.807, 2.05) is 0 Å². The first-order valence-corrected chi connectivity index (χ1v) is 7.59. The van der Waals surface area contributed by atoms with Crippen LogP contribution >= 0.6 is 0 Å². The van der Waals surface area contributed by atoms with E-state index in [4.69, 9.17) is 0 Å². The molecular formula is C16H32O. The molecule has 0 spiro atoms. The Morgan fingerprint density at radius 2 is 1.71 bits per heavy atom. The van der Waals surface area contributed by atoms with Crippen LogP contribution in [0.15, 0.2) is 0 Å². The minimum Gasteiger partial charge on any atom is -0.390 e. The van der Waals surface area contributed by atoms with Gasteiger partial charge in [-0.25, -0.2) is 0 Å². The van der Waals surface area contributed by atoms with Gasteiger partial charge in [0.1, 0.15) is 0 Å². The predicted octanol–water partition coefficient (Wildman–Crippen LogP) is 4.92. The Hall–Kier alpha value is -0.0400. The van der Waals surface area contributed by atoms with Gasteiger partial charge in [0.25, 0.3) is 0 Å². The summed E-state index contributed by atoms with van der Waals surface area (Å²) in [5.74, 6) is 0.680. The Balaban J connectivity index is 2.34. The first-order valence-electron chi connectivity index (χ1n) is 7.59. The third kappa shape index (κ3) is 5.42. The lowest BCUT2D eigenvalue weighted by molar-refractivity contribution is -0.0650. The third-order valence-corrected chi connectivity index (χ3v) is 4.18. The average Bonchev–Trinajstić information content (AvgIpc) is 2.13. The molecule has 0 heterocycles. The molecule has 1 fully saturated rings. The molecule has 0 aliphatic heterocycles. The lowest BCUT2D eigenvalue weighted by atomic mass is 9.64. The summed E-state index contributed by atoms with van der Waals surface area (Å²) in [6.07, 6.45) is 10.8. The van der Waals surface area contributed by atoms with Gasteiger partial charge in [-0.15, -0.1) is 0 Å². The second-order valence-electron chi connectivity index (χ2n) is 7.24. The summed E-state index contributed by atoms with van der Waals surface area (Å²) in [6.45, 7) is 9.16.